The minimum absolute atomic E-state index is 0.198. The number of para-hydroxylation sites is 1. The third-order valence-corrected chi connectivity index (χ3v) is 7.88. The summed E-state index contributed by atoms with van der Waals surface area (Å²) in [4.78, 5) is 17.6. The predicted octanol–water partition coefficient (Wildman–Crippen LogP) is 2.60. The van der Waals surface area contributed by atoms with Crippen LogP contribution < -0.4 is 0 Å². The van der Waals surface area contributed by atoms with Gasteiger partial charge in [0, 0.05) is 18.3 Å². The number of hydrogen-bond acceptors (Lipinski definition) is 5. The molecule has 1 spiro atoms. The molecule has 1 aromatic carbocycles. The van der Waals surface area contributed by atoms with Crippen molar-refractivity contribution in [2.45, 2.75) is 56.1 Å². The number of hydrogen-bond donors (Lipinski definition) is 1. The highest BCUT2D eigenvalue weighted by Crippen LogP contribution is 2.66. The van der Waals surface area contributed by atoms with Crippen molar-refractivity contribution in [3.05, 3.63) is 35.0 Å². The van der Waals surface area contributed by atoms with Gasteiger partial charge in [0.2, 0.25) is 5.60 Å². The molecule has 6 heteroatoms. The van der Waals surface area contributed by atoms with Crippen LogP contribution in [0.4, 0.5) is 5.69 Å². The molecule has 2 unspecified atom stereocenters. The van der Waals surface area contributed by atoms with Crippen molar-refractivity contribution < 1.29 is 19.3 Å². The summed E-state index contributed by atoms with van der Waals surface area (Å²) in [6.45, 7) is 3.21. The molecule has 6 nitrogen and oxygen atoms in total. The minimum atomic E-state index is -1.77. The molecule has 5 rings (SSSR count). The highest BCUT2D eigenvalue weighted by atomic mass is 16.6. The molecule has 0 bridgehead atoms. The Morgan fingerprint density at radius 3 is 2.89 bits per heavy atom. The molecule has 1 aromatic rings. The van der Waals surface area contributed by atoms with Crippen LogP contribution in [0, 0.1) is 10.6 Å². The number of hydroxylamine groups is 3. The molecular weight excluding hydrogens is 344 g/mol. The Kier molecular flexibility index (Phi) is 3.33. The van der Waals surface area contributed by atoms with Crippen LogP contribution in [0.5, 0.6) is 0 Å². The van der Waals surface area contributed by atoms with Gasteiger partial charge in [-0.3, -0.25) is 4.99 Å². The third-order valence-electron chi connectivity index (χ3n) is 7.88. The van der Waals surface area contributed by atoms with E-state index in [9.17, 15) is 15.1 Å². The summed E-state index contributed by atoms with van der Waals surface area (Å²) in [7, 11) is 1.31. The Bertz CT molecular complexity index is 869. The molecule has 5 atom stereocenters. The molecule has 1 N–H and O–H groups in total. The fourth-order valence-corrected chi connectivity index (χ4v) is 7.03. The van der Waals surface area contributed by atoms with Gasteiger partial charge in [-0.1, -0.05) is 25.1 Å². The lowest BCUT2D eigenvalue weighted by atomic mass is 9.49. The lowest BCUT2D eigenvalue weighted by molar-refractivity contribution is -0.909. The molecule has 27 heavy (non-hydrogen) atoms. The van der Waals surface area contributed by atoms with Crippen LogP contribution in [0.2, 0.25) is 0 Å². The van der Waals surface area contributed by atoms with Crippen LogP contribution in [-0.4, -0.2) is 53.3 Å². The average molecular weight is 370 g/mol. The van der Waals surface area contributed by atoms with Crippen molar-refractivity contribution >= 4 is 17.4 Å². The summed E-state index contributed by atoms with van der Waals surface area (Å²) in [5.41, 5.74) is -0.600. The van der Waals surface area contributed by atoms with Crippen molar-refractivity contribution in [1.82, 2.24) is 0 Å². The number of fused-ring (bicyclic) bond motifs is 1. The maximum atomic E-state index is 13.9. The number of carbonyl (C=O) groups excluding carboxylic acids is 1. The van der Waals surface area contributed by atoms with Crippen LogP contribution in [-0.2, 0) is 14.9 Å². The van der Waals surface area contributed by atoms with E-state index in [1.165, 1.54) is 7.11 Å². The quantitative estimate of drug-likeness (QED) is 0.493. The topological polar surface area (TPSA) is 82.0 Å². The van der Waals surface area contributed by atoms with Crippen molar-refractivity contribution in [3.63, 3.8) is 0 Å². The maximum absolute atomic E-state index is 13.9. The van der Waals surface area contributed by atoms with Crippen molar-refractivity contribution in [2.75, 3.05) is 20.2 Å². The van der Waals surface area contributed by atoms with E-state index >= 15 is 0 Å². The van der Waals surface area contributed by atoms with E-state index in [1.54, 1.807) is 0 Å². The first-order chi connectivity index (χ1) is 12.9. The van der Waals surface area contributed by atoms with Gasteiger partial charge in [0.15, 0.2) is 0 Å². The number of carbonyl (C=O) groups is 1. The number of quaternary nitrogens is 1. The molecule has 2 saturated heterocycles. The SMILES string of the molecule is CC[C@]12CCC[N+]3([O-])CC[C@]4(C(=Nc5ccccc54)C(O)(C(=O)OC)C1)[C@H]23. The number of benzene rings is 1. The monoisotopic (exact) mass is 370 g/mol. The molecular formula is C21H26N2O4. The zero-order chi connectivity index (χ0) is 19.1. The van der Waals surface area contributed by atoms with Crippen LogP contribution in [0.25, 0.3) is 0 Å². The molecule has 3 fully saturated rings. The predicted molar refractivity (Wildman–Crippen MR) is 101 cm³/mol. The first-order valence-corrected chi connectivity index (χ1v) is 9.94. The second-order valence-corrected chi connectivity index (χ2v) is 8.85. The van der Waals surface area contributed by atoms with E-state index in [0.717, 1.165) is 30.5 Å². The van der Waals surface area contributed by atoms with Gasteiger partial charge >= 0.3 is 5.97 Å². The number of piperidine rings is 1. The van der Waals surface area contributed by atoms with Gasteiger partial charge in [0.05, 0.1) is 37.0 Å². The first kappa shape index (κ1) is 17.3. The highest BCUT2D eigenvalue weighted by molar-refractivity contribution is 6.19. The fraction of sp³-hybridized carbons (Fsp3) is 0.619. The van der Waals surface area contributed by atoms with Gasteiger partial charge in [0.1, 0.15) is 6.04 Å². The van der Waals surface area contributed by atoms with E-state index in [2.05, 4.69) is 6.92 Å². The minimum Gasteiger partial charge on any atom is -0.633 e. The summed E-state index contributed by atoms with van der Waals surface area (Å²) < 4.78 is 4.82. The average Bonchev–Trinajstić information content (AvgIpc) is 3.18. The first-order valence-electron chi connectivity index (χ1n) is 9.94. The highest BCUT2D eigenvalue weighted by Gasteiger charge is 2.76. The molecule has 4 aliphatic rings. The van der Waals surface area contributed by atoms with Crippen LogP contribution in [0.3, 0.4) is 0 Å². The zero-order valence-corrected chi connectivity index (χ0v) is 15.9. The Morgan fingerprint density at radius 1 is 1.37 bits per heavy atom. The summed E-state index contributed by atoms with van der Waals surface area (Å²) >= 11 is 0. The molecule has 1 saturated carbocycles. The molecule has 0 amide bonds. The Hall–Kier alpha value is -1.76. The van der Waals surface area contributed by atoms with E-state index in [0.29, 0.717) is 25.2 Å². The number of ether oxygens (including phenoxy) is 1. The number of nitrogens with zero attached hydrogens (tertiary/aromatic N) is 2. The van der Waals surface area contributed by atoms with E-state index in [1.807, 2.05) is 24.3 Å². The smallest absolute Gasteiger partial charge is 0.343 e. The van der Waals surface area contributed by atoms with Crippen LogP contribution in [0.15, 0.2) is 29.3 Å². The number of aliphatic imine (C=N–C) groups is 1. The van der Waals surface area contributed by atoms with Crippen LogP contribution >= 0.6 is 0 Å². The van der Waals surface area contributed by atoms with Gasteiger partial charge in [0.25, 0.3) is 0 Å². The molecule has 1 aliphatic carbocycles. The van der Waals surface area contributed by atoms with Crippen molar-refractivity contribution in [2.24, 2.45) is 10.4 Å². The number of rotatable bonds is 2. The number of esters is 1. The zero-order valence-electron chi connectivity index (χ0n) is 15.9. The largest absolute Gasteiger partial charge is 0.633 e. The summed E-state index contributed by atoms with van der Waals surface area (Å²) in [6, 6.07) is 7.62. The second kappa shape index (κ2) is 5.19. The van der Waals surface area contributed by atoms with E-state index in [4.69, 9.17) is 9.73 Å². The van der Waals surface area contributed by atoms with Crippen molar-refractivity contribution in [1.29, 1.82) is 0 Å². The number of aliphatic hydroxyl groups is 1. The fourth-order valence-electron chi connectivity index (χ4n) is 7.03. The third kappa shape index (κ3) is 1.82. The van der Waals surface area contributed by atoms with Crippen LogP contribution in [0.1, 0.15) is 44.6 Å². The standard InChI is InChI=1S/C21H26N2O4/c1-3-19-9-6-11-23(26)12-10-20(17(19)23)14-7-4-5-8-15(14)22-16(20)21(25,13-19)18(24)27-2/h4-5,7-8,17,25H,3,6,9-13H2,1-2H3/t17-,19-,20-,21?,23?/m0/s1. The van der Waals surface area contributed by atoms with Gasteiger partial charge in [-0.05, 0) is 30.9 Å². The Labute approximate surface area is 159 Å². The summed E-state index contributed by atoms with van der Waals surface area (Å²) in [6.07, 6.45) is 3.29. The Balaban J connectivity index is 1.84. The second-order valence-electron chi connectivity index (χ2n) is 8.85. The molecule has 3 heterocycles. The number of methoxy groups -OCH3 is 1. The molecule has 0 radical (unpaired) electrons. The van der Waals surface area contributed by atoms with E-state index < -0.39 is 22.4 Å². The van der Waals surface area contributed by atoms with Crippen molar-refractivity contribution in [3.8, 4) is 0 Å². The molecule has 0 aromatic heterocycles. The molecule has 144 valence electrons. The normalized spacial score (nSPS) is 44.1. The lowest BCUT2D eigenvalue weighted by Gasteiger charge is -2.63. The lowest BCUT2D eigenvalue weighted by Crippen LogP contribution is -2.74. The molecule has 3 aliphatic heterocycles. The Morgan fingerprint density at radius 2 is 2.15 bits per heavy atom. The van der Waals surface area contributed by atoms with E-state index in [-0.39, 0.29) is 17.1 Å². The van der Waals surface area contributed by atoms with Gasteiger partial charge in [-0.25, -0.2) is 4.79 Å². The van der Waals surface area contributed by atoms with Gasteiger partial charge in [-0.15, -0.1) is 0 Å². The van der Waals surface area contributed by atoms with Gasteiger partial charge in [-0.2, -0.15) is 0 Å². The summed E-state index contributed by atoms with van der Waals surface area (Å²) in [5, 5.41) is 25.6. The summed E-state index contributed by atoms with van der Waals surface area (Å²) in [5.74, 6) is -0.652. The maximum Gasteiger partial charge on any atom is 0.343 e. The van der Waals surface area contributed by atoms with Gasteiger partial charge < -0.3 is 19.7 Å².